The lowest BCUT2D eigenvalue weighted by Gasteiger charge is -2.31. The summed E-state index contributed by atoms with van der Waals surface area (Å²) in [6.07, 6.45) is 2.85. The van der Waals surface area contributed by atoms with Gasteiger partial charge in [-0.1, -0.05) is 95.5 Å². The van der Waals surface area contributed by atoms with Crippen LogP contribution in [0.5, 0.6) is 0 Å². The standard InChI is InChI=1S/C16H17ClN2O.C10H12Cl2N2O.C6H7BO2/c17-16-11-13(19-8-6-14(20)7-9-19)10-15(18-16)12-4-2-1-3-5-12;11-9-5-7(6-10(12)13-9)14-3-1-8(15)2-4-14;8-7(9)6-4-2-1-3-5-6/h1-5,10-11,14,20H,6-9H2;5-6,8,15H,1-4H2;1-5,8-9H. The van der Waals surface area contributed by atoms with E-state index in [1.54, 1.807) is 36.4 Å². The summed E-state index contributed by atoms with van der Waals surface area (Å²) in [4.78, 5) is 12.7. The van der Waals surface area contributed by atoms with Crippen LogP contribution in [-0.4, -0.2) is 75.7 Å². The number of benzene rings is 2. The number of piperidine rings is 2. The Labute approximate surface area is 273 Å². The maximum Gasteiger partial charge on any atom is 0.488 e. The topological polar surface area (TPSA) is 113 Å². The fourth-order valence-electron chi connectivity index (χ4n) is 4.93. The van der Waals surface area contributed by atoms with Crippen molar-refractivity contribution in [3.05, 3.63) is 100 Å². The maximum atomic E-state index is 9.60. The van der Waals surface area contributed by atoms with Gasteiger partial charge in [-0.3, -0.25) is 0 Å². The second-order valence-corrected chi connectivity index (χ2v) is 11.8. The number of nitrogens with zero attached hydrogens (tertiary/aromatic N) is 4. The predicted octanol–water partition coefficient (Wildman–Crippen LogP) is 5.08. The van der Waals surface area contributed by atoms with Crippen molar-refractivity contribution >= 4 is 58.8 Å². The Hall–Kier alpha value is -2.89. The molecule has 6 rings (SSSR count). The second kappa shape index (κ2) is 17.0. The van der Waals surface area contributed by atoms with Gasteiger partial charge >= 0.3 is 7.12 Å². The van der Waals surface area contributed by atoms with Crippen molar-refractivity contribution in [1.29, 1.82) is 0 Å². The molecule has 0 atom stereocenters. The van der Waals surface area contributed by atoms with E-state index < -0.39 is 7.12 Å². The van der Waals surface area contributed by atoms with Crippen molar-refractivity contribution in [2.75, 3.05) is 36.0 Å². The van der Waals surface area contributed by atoms with Gasteiger partial charge in [0.1, 0.15) is 15.5 Å². The Bertz CT molecular complexity index is 1420. The Morgan fingerprint density at radius 2 is 1.00 bits per heavy atom. The number of aliphatic hydroxyl groups is 2. The minimum atomic E-state index is -1.34. The van der Waals surface area contributed by atoms with E-state index in [4.69, 9.17) is 44.9 Å². The molecule has 2 aromatic carbocycles. The number of pyridine rings is 2. The van der Waals surface area contributed by atoms with Crippen LogP contribution in [0.15, 0.2) is 84.9 Å². The largest absolute Gasteiger partial charge is 0.488 e. The molecule has 0 saturated carbocycles. The highest BCUT2D eigenvalue weighted by Crippen LogP contribution is 2.28. The fourth-order valence-corrected chi connectivity index (χ4v) is 5.58. The number of rotatable bonds is 4. The molecule has 4 aromatic rings. The molecule has 0 aliphatic carbocycles. The van der Waals surface area contributed by atoms with Crippen LogP contribution in [0.2, 0.25) is 15.5 Å². The highest BCUT2D eigenvalue weighted by Gasteiger charge is 2.19. The van der Waals surface area contributed by atoms with Crippen LogP contribution in [0.25, 0.3) is 11.3 Å². The molecule has 2 aliphatic heterocycles. The van der Waals surface area contributed by atoms with Gasteiger partial charge in [0.2, 0.25) is 0 Å². The van der Waals surface area contributed by atoms with Gasteiger partial charge in [0.15, 0.2) is 0 Å². The Balaban J connectivity index is 0.000000162. The number of hydrogen-bond acceptors (Lipinski definition) is 8. The maximum absolute atomic E-state index is 9.60. The molecule has 4 N–H and O–H groups in total. The molecule has 2 aliphatic rings. The van der Waals surface area contributed by atoms with E-state index in [-0.39, 0.29) is 12.2 Å². The number of anilines is 2. The SMILES string of the molecule is OB(O)c1ccccc1.OC1CCN(c2cc(Cl)nc(-c3ccccc3)c2)CC1.OC1CCN(c2cc(Cl)nc(Cl)c2)CC1. The molecule has 44 heavy (non-hydrogen) atoms. The van der Waals surface area contributed by atoms with Gasteiger partial charge in [-0.25, -0.2) is 9.97 Å². The van der Waals surface area contributed by atoms with Gasteiger partial charge in [-0.05, 0) is 55.4 Å². The fraction of sp³-hybridized carbons (Fsp3) is 0.312. The van der Waals surface area contributed by atoms with Crippen LogP contribution in [0.4, 0.5) is 11.4 Å². The molecule has 0 amide bonds. The van der Waals surface area contributed by atoms with Crippen molar-refractivity contribution in [2.24, 2.45) is 0 Å². The third kappa shape index (κ3) is 10.6. The molecule has 0 radical (unpaired) electrons. The lowest BCUT2D eigenvalue weighted by Crippen LogP contribution is -2.35. The van der Waals surface area contributed by atoms with Crippen molar-refractivity contribution < 1.29 is 20.3 Å². The van der Waals surface area contributed by atoms with Crippen LogP contribution in [0.1, 0.15) is 25.7 Å². The molecule has 232 valence electrons. The minimum absolute atomic E-state index is 0.169. The van der Waals surface area contributed by atoms with E-state index in [0.29, 0.717) is 20.9 Å². The first-order valence-electron chi connectivity index (χ1n) is 14.5. The molecule has 4 heterocycles. The summed E-state index contributed by atoms with van der Waals surface area (Å²) in [5.74, 6) is 0. The van der Waals surface area contributed by atoms with E-state index >= 15 is 0 Å². The van der Waals surface area contributed by atoms with Crippen LogP contribution in [0.3, 0.4) is 0 Å². The molecule has 2 aromatic heterocycles. The highest BCUT2D eigenvalue weighted by atomic mass is 35.5. The van der Waals surface area contributed by atoms with Crippen molar-refractivity contribution in [1.82, 2.24) is 9.97 Å². The van der Waals surface area contributed by atoms with E-state index in [1.165, 1.54) is 0 Å². The van der Waals surface area contributed by atoms with E-state index in [2.05, 4.69) is 25.8 Å². The van der Waals surface area contributed by atoms with E-state index in [9.17, 15) is 10.2 Å². The smallest absolute Gasteiger partial charge is 0.423 e. The summed E-state index contributed by atoms with van der Waals surface area (Å²) < 4.78 is 0. The van der Waals surface area contributed by atoms with Crippen LogP contribution in [0, 0.1) is 0 Å². The van der Waals surface area contributed by atoms with Gasteiger partial charge in [-0.2, -0.15) is 0 Å². The monoisotopic (exact) mass is 656 g/mol. The lowest BCUT2D eigenvalue weighted by molar-refractivity contribution is 0.145. The summed E-state index contributed by atoms with van der Waals surface area (Å²) in [5, 5.41) is 37.5. The summed E-state index contributed by atoms with van der Waals surface area (Å²) in [6, 6.07) is 26.3. The van der Waals surface area contributed by atoms with Crippen molar-refractivity contribution in [3.8, 4) is 11.3 Å². The van der Waals surface area contributed by atoms with Gasteiger partial charge in [0, 0.05) is 43.1 Å². The van der Waals surface area contributed by atoms with Crippen LogP contribution in [-0.2, 0) is 0 Å². The summed E-state index contributed by atoms with van der Waals surface area (Å²) in [7, 11) is -1.34. The van der Waals surface area contributed by atoms with Crippen LogP contribution < -0.4 is 15.3 Å². The Morgan fingerprint density at radius 3 is 1.43 bits per heavy atom. The third-order valence-electron chi connectivity index (χ3n) is 7.35. The quantitative estimate of drug-likeness (QED) is 0.178. The summed E-state index contributed by atoms with van der Waals surface area (Å²) in [6.45, 7) is 3.38. The van der Waals surface area contributed by atoms with E-state index in [1.807, 2.05) is 42.5 Å². The minimum Gasteiger partial charge on any atom is -0.423 e. The zero-order valence-electron chi connectivity index (χ0n) is 24.2. The molecular formula is C32H36BCl3N4O4. The Morgan fingerprint density at radius 1 is 0.591 bits per heavy atom. The van der Waals surface area contributed by atoms with Gasteiger partial charge in [0.25, 0.3) is 0 Å². The zero-order valence-corrected chi connectivity index (χ0v) is 26.5. The molecule has 2 saturated heterocycles. The average molecular weight is 658 g/mol. The molecule has 0 bridgehead atoms. The summed E-state index contributed by atoms with van der Waals surface area (Å²) >= 11 is 17.8. The average Bonchev–Trinajstić information content (AvgIpc) is 3.02. The number of hydrogen-bond donors (Lipinski definition) is 4. The number of aliphatic hydroxyl groups excluding tert-OH is 2. The van der Waals surface area contributed by atoms with Gasteiger partial charge in [0.05, 0.1) is 17.9 Å². The second-order valence-electron chi connectivity index (χ2n) is 10.6. The first-order valence-corrected chi connectivity index (χ1v) is 15.6. The van der Waals surface area contributed by atoms with Gasteiger partial charge < -0.3 is 30.1 Å². The lowest BCUT2D eigenvalue weighted by atomic mass is 9.81. The molecule has 0 unspecified atom stereocenters. The van der Waals surface area contributed by atoms with Crippen molar-refractivity contribution in [3.63, 3.8) is 0 Å². The molecule has 0 spiro atoms. The number of halogens is 3. The molecule has 12 heteroatoms. The van der Waals surface area contributed by atoms with Crippen LogP contribution >= 0.6 is 34.8 Å². The Kier molecular flexibility index (Phi) is 13.1. The molecule has 8 nitrogen and oxygen atoms in total. The van der Waals surface area contributed by atoms with Crippen molar-refractivity contribution in [2.45, 2.75) is 37.9 Å². The predicted molar refractivity (Wildman–Crippen MR) is 180 cm³/mol. The third-order valence-corrected chi connectivity index (χ3v) is 7.93. The molecular weight excluding hydrogens is 622 g/mol. The molecule has 2 fully saturated rings. The zero-order chi connectivity index (χ0) is 31.5. The van der Waals surface area contributed by atoms with Gasteiger partial charge in [-0.15, -0.1) is 0 Å². The highest BCUT2D eigenvalue weighted by molar-refractivity contribution is 6.58. The number of aromatic nitrogens is 2. The first kappa shape index (κ1) is 34.0. The normalized spacial score (nSPS) is 15.5. The summed E-state index contributed by atoms with van der Waals surface area (Å²) in [5.41, 5.74) is 4.53. The first-order chi connectivity index (χ1) is 21.2. The van der Waals surface area contributed by atoms with E-state index in [0.717, 1.165) is 74.5 Å².